The summed E-state index contributed by atoms with van der Waals surface area (Å²) in [7, 11) is 0. The molecule has 0 radical (unpaired) electrons. The number of aryl methyl sites for hydroxylation is 1. The summed E-state index contributed by atoms with van der Waals surface area (Å²) in [6.07, 6.45) is 0. The van der Waals surface area contributed by atoms with Gasteiger partial charge in [-0.25, -0.2) is 0 Å². The molecule has 0 bridgehead atoms. The van der Waals surface area contributed by atoms with Crippen molar-refractivity contribution in [2.24, 2.45) is 0 Å². The molecule has 0 spiro atoms. The van der Waals surface area contributed by atoms with Crippen LogP contribution < -0.4 is 5.32 Å². The highest BCUT2D eigenvalue weighted by Crippen LogP contribution is 2.24. The van der Waals surface area contributed by atoms with E-state index in [4.69, 9.17) is 0 Å². The SMILES string of the molecule is Cc1cccc(NC(=O)[C@@H]2CSCN2C(=O)c2ccccc2)c1. The van der Waals surface area contributed by atoms with Gasteiger partial charge in [-0.15, -0.1) is 11.8 Å². The average Bonchev–Trinajstić information content (AvgIpc) is 3.05. The largest absolute Gasteiger partial charge is 0.324 e. The zero-order valence-corrected chi connectivity index (χ0v) is 13.7. The summed E-state index contributed by atoms with van der Waals surface area (Å²) in [6.45, 7) is 1.98. The quantitative estimate of drug-likeness (QED) is 0.942. The number of anilines is 1. The lowest BCUT2D eigenvalue weighted by atomic mass is 10.1. The topological polar surface area (TPSA) is 49.4 Å². The van der Waals surface area contributed by atoms with Crippen molar-refractivity contribution in [1.82, 2.24) is 4.90 Å². The Morgan fingerprint density at radius 1 is 1.13 bits per heavy atom. The first-order valence-electron chi connectivity index (χ1n) is 7.46. The molecule has 0 unspecified atom stereocenters. The molecular formula is C18H18N2O2S. The number of hydrogen-bond acceptors (Lipinski definition) is 3. The van der Waals surface area contributed by atoms with Gasteiger partial charge in [-0.05, 0) is 36.8 Å². The predicted octanol–water partition coefficient (Wildman–Crippen LogP) is 3.15. The molecule has 0 aromatic heterocycles. The lowest BCUT2D eigenvalue weighted by Gasteiger charge is -2.23. The van der Waals surface area contributed by atoms with E-state index in [9.17, 15) is 9.59 Å². The second kappa shape index (κ2) is 6.87. The zero-order valence-electron chi connectivity index (χ0n) is 12.9. The van der Waals surface area contributed by atoms with Gasteiger partial charge in [0, 0.05) is 17.0 Å². The first kappa shape index (κ1) is 15.6. The number of rotatable bonds is 3. The van der Waals surface area contributed by atoms with Gasteiger partial charge in [0.25, 0.3) is 5.91 Å². The third-order valence-electron chi connectivity index (χ3n) is 3.75. The number of carbonyl (C=O) groups is 2. The molecule has 2 amide bonds. The van der Waals surface area contributed by atoms with Crippen molar-refractivity contribution < 1.29 is 9.59 Å². The van der Waals surface area contributed by atoms with Crippen LogP contribution in [0.15, 0.2) is 54.6 Å². The van der Waals surface area contributed by atoms with Crippen LogP contribution in [0, 0.1) is 6.92 Å². The van der Waals surface area contributed by atoms with Gasteiger partial charge in [-0.3, -0.25) is 9.59 Å². The molecule has 1 N–H and O–H groups in total. The molecule has 0 saturated carbocycles. The van der Waals surface area contributed by atoms with Gasteiger partial charge in [0.05, 0.1) is 5.88 Å². The predicted molar refractivity (Wildman–Crippen MR) is 93.5 cm³/mol. The third kappa shape index (κ3) is 3.56. The van der Waals surface area contributed by atoms with Crippen molar-refractivity contribution >= 4 is 29.3 Å². The second-order valence-corrected chi connectivity index (χ2v) is 6.52. The Labute approximate surface area is 139 Å². The van der Waals surface area contributed by atoms with Gasteiger partial charge in [0.15, 0.2) is 0 Å². The molecule has 118 valence electrons. The lowest BCUT2D eigenvalue weighted by molar-refractivity contribution is -0.119. The van der Waals surface area contributed by atoms with Gasteiger partial charge < -0.3 is 10.2 Å². The fourth-order valence-corrected chi connectivity index (χ4v) is 3.71. The summed E-state index contributed by atoms with van der Waals surface area (Å²) in [6, 6.07) is 16.3. The number of nitrogens with one attached hydrogen (secondary N) is 1. The van der Waals surface area contributed by atoms with Crippen LogP contribution in [0.25, 0.3) is 0 Å². The zero-order chi connectivity index (χ0) is 16.2. The molecule has 2 aromatic carbocycles. The molecular weight excluding hydrogens is 308 g/mol. The summed E-state index contributed by atoms with van der Waals surface area (Å²) in [5.74, 6) is 0.931. The van der Waals surface area contributed by atoms with E-state index in [1.165, 1.54) is 0 Å². The molecule has 3 rings (SSSR count). The highest BCUT2D eigenvalue weighted by molar-refractivity contribution is 7.99. The van der Waals surface area contributed by atoms with E-state index in [0.717, 1.165) is 11.3 Å². The summed E-state index contributed by atoms with van der Waals surface area (Å²) >= 11 is 1.60. The maximum atomic E-state index is 12.6. The molecule has 1 aliphatic rings. The Morgan fingerprint density at radius 2 is 1.91 bits per heavy atom. The lowest BCUT2D eigenvalue weighted by Crippen LogP contribution is -2.44. The van der Waals surface area contributed by atoms with Crippen LogP contribution in [0.3, 0.4) is 0 Å². The summed E-state index contributed by atoms with van der Waals surface area (Å²) in [5.41, 5.74) is 2.46. The van der Waals surface area contributed by atoms with E-state index in [2.05, 4.69) is 5.32 Å². The van der Waals surface area contributed by atoms with Crippen LogP contribution in [0.1, 0.15) is 15.9 Å². The van der Waals surface area contributed by atoms with Crippen molar-refractivity contribution in [3.05, 3.63) is 65.7 Å². The standard InChI is InChI=1S/C18H18N2O2S/c1-13-6-5-9-15(10-13)19-17(21)16-11-23-12-20(16)18(22)14-7-3-2-4-8-14/h2-10,16H,11-12H2,1H3,(H,19,21)/t16-/m0/s1. The van der Waals surface area contributed by atoms with Gasteiger partial charge in [0.2, 0.25) is 5.91 Å². The van der Waals surface area contributed by atoms with E-state index < -0.39 is 6.04 Å². The van der Waals surface area contributed by atoms with E-state index in [1.54, 1.807) is 28.8 Å². The van der Waals surface area contributed by atoms with Crippen LogP contribution in [-0.2, 0) is 4.79 Å². The van der Waals surface area contributed by atoms with Crippen molar-refractivity contribution in [2.75, 3.05) is 16.9 Å². The van der Waals surface area contributed by atoms with Crippen molar-refractivity contribution in [1.29, 1.82) is 0 Å². The minimum atomic E-state index is -0.437. The van der Waals surface area contributed by atoms with Crippen LogP contribution in [0.4, 0.5) is 5.69 Å². The number of benzene rings is 2. The van der Waals surface area contributed by atoms with Crippen molar-refractivity contribution in [2.45, 2.75) is 13.0 Å². The van der Waals surface area contributed by atoms with E-state index in [1.807, 2.05) is 49.4 Å². The van der Waals surface area contributed by atoms with Crippen molar-refractivity contribution in [3.8, 4) is 0 Å². The molecule has 2 aromatic rings. The minimum Gasteiger partial charge on any atom is -0.324 e. The molecule has 1 atom stereocenters. The molecule has 23 heavy (non-hydrogen) atoms. The van der Waals surface area contributed by atoms with Gasteiger partial charge in [-0.1, -0.05) is 30.3 Å². The third-order valence-corrected chi connectivity index (χ3v) is 4.76. The minimum absolute atomic E-state index is 0.0972. The number of thioether (sulfide) groups is 1. The summed E-state index contributed by atoms with van der Waals surface area (Å²) < 4.78 is 0. The van der Waals surface area contributed by atoms with E-state index >= 15 is 0 Å². The summed E-state index contributed by atoms with van der Waals surface area (Å²) in [4.78, 5) is 26.8. The van der Waals surface area contributed by atoms with Crippen LogP contribution in [0.5, 0.6) is 0 Å². The van der Waals surface area contributed by atoms with Gasteiger partial charge in [0.1, 0.15) is 6.04 Å². The fraction of sp³-hybridized carbons (Fsp3) is 0.222. The Kier molecular flexibility index (Phi) is 4.67. The smallest absolute Gasteiger partial charge is 0.255 e. The van der Waals surface area contributed by atoms with Gasteiger partial charge in [-0.2, -0.15) is 0 Å². The van der Waals surface area contributed by atoms with Crippen LogP contribution in [-0.4, -0.2) is 34.4 Å². The average molecular weight is 326 g/mol. The first-order valence-corrected chi connectivity index (χ1v) is 8.62. The highest BCUT2D eigenvalue weighted by Gasteiger charge is 2.35. The number of hydrogen-bond donors (Lipinski definition) is 1. The number of amides is 2. The van der Waals surface area contributed by atoms with E-state index in [0.29, 0.717) is 17.2 Å². The number of nitrogens with zero attached hydrogens (tertiary/aromatic N) is 1. The van der Waals surface area contributed by atoms with Gasteiger partial charge >= 0.3 is 0 Å². The van der Waals surface area contributed by atoms with Crippen LogP contribution in [0.2, 0.25) is 0 Å². The Bertz CT molecular complexity index is 718. The molecule has 1 heterocycles. The second-order valence-electron chi connectivity index (χ2n) is 5.52. The molecule has 5 heteroatoms. The Morgan fingerprint density at radius 3 is 2.65 bits per heavy atom. The van der Waals surface area contributed by atoms with E-state index in [-0.39, 0.29) is 11.8 Å². The molecule has 1 fully saturated rings. The molecule has 0 aliphatic carbocycles. The Balaban J connectivity index is 1.73. The fourth-order valence-electron chi connectivity index (χ4n) is 2.55. The Hall–Kier alpha value is -2.27. The maximum absolute atomic E-state index is 12.6. The normalized spacial score (nSPS) is 17.1. The summed E-state index contributed by atoms with van der Waals surface area (Å²) in [5, 5.41) is 2.91. The van der Waals surface area contributed by atoms with Crippen molar-refractivity contribution in [3.63, 3.8) is 0 Å². The van der Waals surface area contributed by atoms with Crippen LogP contribution >= 0.6 is 11.8 Å². The highest BCUT2D eigenvalue weighted by atomic mass is 32.2. The molecule has 4 nitrogen and oxygen atoms in total. The first-order chi connectivity index (χ1) is 11.1. The maximum Gasteiger partial charge on any atom is 0.255 e. The monoisotopic (exact) mass is 326 g/mol. The number of carbonyl (C=O) groups excluding carboxylic acids is 2. The molecule has 1 saturated heterocycles. The molecule has 1 aliphatic heterocycles.